The Bertz CT molecular complexity index is 970. The van der Waals surface area contributed by atoms with E-state index in [0.717, 1.165) is 28.7 Å². The van der Waals surface area contributed by atoms with E-state index in [0.29, 0.717) is 17.3 Å². The van der Waals surface area contributed by atoms with E-state index >= 15 is 0 Å². The van der Waals surface area contributed by atoms with Crippen molar-refractivity contribution >= 4 is 34.7 Å². The third-order valence-electron chi connectivity index (χ3n) is 3.97. The maximum absolute atomic E-state index is 12.3. The molecule has 26 heavy (non-hydrogen) atoms. The number of benzene rings is 1. The molecule has 8 heteroatoms. The number of thiophene rings is 1. The molecular formula is C18H15N5OS2. The van der Waals surface area contributed by atoms with Gasteiger partial charge in [-0.2, -0.15) is 5.26 Å². The van der Waals surface area contributed by atoms with Gasteiger partial charge in [-0.05, 0) is 36.4 Å². The Balaban J connectivity index is 1.47. The summed E-state index contributed by atoms with van der Waals surface area (Å²) in [4.78, 5) is 13.4. The highest BCUT2D eigenvalue weighted by molar-refractivity contribution is 7.99. The van der Waals surface area contributed by atoms with Crippen LogP contribution >= 0.6 is 23.1 Å². The summed E-state index contributed by atoms with van der Waals surface area (Å²) >= 11 is 3.01. The summed E-state index contributed by atoms with van der Waals surface area (Å²) in [6.07, 6.45) is 2.23. The Morgan fingerprint density at radius 3 is 2.88 bits per heavy atom. The number of carbonyl (C=O) groups excluding carboxylic acids is 1. The van der Waals surface area contributed by atoms with Gasteiger partial charge in [-0.1, -0.05) is 30.0 Å². The lowest BCUT2D eigenvalue weighted by Crippen LogP contribution is -2.15. The Morgan fingerprint density at radius 2 is 2.15 bits per heavy atom. The summed E-state index contributed by atoms with van der Waals surface area (Å²) in [5.41, 5.74) is 0.982. The number of anilines is 1. The van der Waals surface area contributed by atoms with Crippen LogP contribution in [0.5, 0.6) is 0 Å². The second-order valence-electron chi connectivity index (χ2n) is 5.88. The summed E-state index contributed by atoms with van der Waals surface area (Å²) in [6.45, 7) is 0. The number of nitriles is 1. The van der Waals surface area contributed by atoms with E-state index in [4.69, 9.17) is 5.26 Å². The van der Waals surface area contributed by atoms with Gasteiger partial charge < -0.3 is 5.32 Å². The third kappa shape index (κ3) is 3.49. The summed E-state index contributed by atoms with van der Waals surface area (Å²) in [6, 6.07) is 13.5. The lowest BCUT2D eigenvalue weighted by Gasteiger charge is -2.08. The van der Waals surface area contributed by atoms with Crippen molar-refractivity contribution in [3.63, 3.8) is 0 Å². The van der Waals surface area contributed by atoms with Crippen molar-refractivity contribution in [2.45, 2.75) is 24.0 Å². The molecular weight excluding hydrogens is 366 g/mol. The molecule has 4 rings (SSSR count). The molecule has 1 saturated carbocycles. The molecule has 0 unspecified atom stereocenters. The van der Waals surface area contributed by atoms with Gasteiger partial charge in [-0.3, -0.25) is 9.36 Å². The van der Waals surface area contributed by atoms with E-state index in [9.17, 15) is 4.79 Å². The zero-order chi connectivity index (χ0) is 17.9. The molecule has 3 aromatic rings. The number of para-hydroxylation sites is 1. The van der Waals surface area contributed by atoms with E-state index in [1.54, 1.807) is 35.6 Å². The fourth-order valence-electron chi connectivity index (χ4n) is 2.62. The summed E-state index contributed by atoms with van der Waals surface area (Å²) in [7, 11) is 0. The monoisotopic (exact) mass is 381 g/mol. The summed E-state index contributed by atoms with van der Waals surface area (Å²) in [5.74, 6) is 0.927. The van der Waals surface area contributed by atoms with E-state index in [-0.39, 0.29) is 11.7 Å². The van der Waals surface area contributed by atoms with E-state index in [2.05, 4.69) is 26.2 Å². The second-order valence-corrected chi connectivity index (χ2v) is 7.77. The predicted molar refractivity (Wildman–Crippen MR) is 102 cm³/mol. The highest BCUT2D eigenvalue weighted by atomic mass is 32.2. The second kappa shape index (κ2) is 7.32. The van der Waals surface area contributed by atoms with Crippen LogP contribution in [0.3, 0.4) is 0 Å². The number of aromatic nitrogens is 3. The van der Waals surface area contributed by atoms with Gasteiger partial charge >= 0.3 is 0 Å². The average molecular weight is 381 g/mol. The fourth-order valence-corrected chi connectivity index (χ4v) is 4.13. The number of hydrogen-bond donors (Lipinski definition) is 1. The van der Waals surface area contributed by atoms with E-state index in [1.807, 2.05) is 17.5 Å². The van der Waals surface area contributed by atoms with Crippen LogP contribution in [0.2, 0.25) is 0 Å². The van der Waals surface area contributed by atoms with Gasteiger partial charge in [-0.25, -0.2) is 0 Å². The number of nitrogens with one attached hydrogen (secondary N) is 1. The van der Waals surface area contributed by atoms with E-state index in [1.165, 1.54) is 11.8 Å². The lowest BCUT2D eigenvalue weighted by molar-refractivity contribution is -0.113. The largest absolute Gasteiger partial charge is 0.324 e. The maximum Gasteiger partial charge on any atom is 0.234 e. The molecule has 130 valence electrons. The van der Waals surface area contributed by atoms with Gasteiger partial charge in [0.2, 0.25) is 5.91 Å². The lowest BCUT2D eigenvalue weighted by atomic mass is 10.2. The maximum atomic E-state index is 12.3. The van der Waals surface area contributed by atoms with Crippen molar-refractivity contribution in [2.24, 2.45) is 0 Å². The minimum atomic E-state index is -0.166. The van der Waals surface area contributed by atoms with E-state index < -0.39 is 0 Å². The van der Waals surface area contributed by atoms with Crippen LogP contribution in [0.4, 0.5) is 5.69 Å². The minimum Gasteiger partial charge on any atom is -0.324 e. The van der Waals surface area contributed by atoms with Gasteiger partial charge in [0.1, 0.15) is 6.07 Å². The van der Waals surface area contributed by atoms with Crippen LogP contribution in [0.1, 0.15) is 24.4 Å². The molecule has 1 aliphatic rings. The predicted octanol–water partition coefficient (Wildman–Crippen LogP) is 3.94. The third-order valence-corrected chi connectivity index (χ3v) is 5.78. The van der Waals surface area contributed by atoms with Crippen molar-refractivity contribution in [1.82, 2.24) is 14.8 Å². The summed E-state index contributed by atoms with van der Waals surface area (Å²) < 4.78 is 2.15. The van der Waals surface area contributed by atoms with Crippen LogP contribution < -0.4 is 5.32 Å². The van der Waals surface area contributed by atoms with Gasteiger partial charge in [0.25, 0.3) is 0 Å². The highest BCUT2D eigenvalue weighted by Crippen LogP contribution is 2.41. The fraction of sp³-hybridized carbons (Fsp3) is 0.222. The van der Waals surface area contributed by atoms with Crippen molar-refractivity contribution in [3.8, 4) is 16.8 Å². The average Bonchev–Trinajstić information content (AvgIpc) is 3.18. The molecule has 6 nitrogen and oxygen atoms in total. The van der Waals surface area contributed by atoms with Crippen molar-refractivity contribution in [2.75, 3.05) is 11.1 Å². The van der Waals surface area contributed by atoms with Crippen LogP contribution in [0, 0.1) is 11.3 Å². The molecule has 0 radical (unpaired) electrons. The molecule has 2 aromatic heterocycles. The van der Waals surface area contributed by atoms with Crippen LogP contribution in [0.15, 0.2) is 46.9 Å². The Morgan fingerprint density at radius 1 is 1.31 bits per heavy atom. The number of thioether (sulfide) groups is 1. The molecule has 1 fully saturated rings. The molecule has 1 aliphatic carbocycles. The first-order chi connectivity index (χ1) is 12.8. The first-order valence-electron chi connectivity index (χ1n) is 8.17. The summed E-state index contributed by atoms with van der Waals surface area (Å²) in [5, 5.41) is 23.3. The molecule has 0 spiro atoms. The topological polar surface area (TPSA) is 83.6 Å². The quantitative estimate of drug-likeness (QED) is 0.654. The van der Waals surface area contributed by atoms with Crippen molar-refractivity contribution in [3.05, 3.63) is 47.3 Å². The first kappa shape index (κ1) is 16.8. The molecule has 2 heterocycles. The van der Waals surface area contributed by atoms with Gasteiger partial charge in [-0.15, -0.1) is 21.5 Å². The highest BCUT2D eigenvalue weighted by Gasteiger charge is 2.30. The molecule has 0 saturated heterocycles. The zero-order valence-corrected chi connectivity index (χ0v) is 15.4. The van der Waals surface area contributed by atoms with Crippen LogP contribution in [-0.4, -0.2) is 26.4 Å². The molecule has 0 bridgehead atoms. The van der Waals surface area contributed by atoms with Crippen LogP contribution in [-0.2, 0) is 4.79 Å². The smallest absolute Gasteiger partial charge is 0.234 e. The Kier molecular flexibility index (Phi) is 4.73. The number of rotatable bonds is 6. The van der Waals surface area contributed by atoms with Crippen LogP contribution in [0.25, 0.3) is 10.7 Å². The number of hydrogen-bond acceptors (Lipinski definition) is 6. The van der Waals surface area contributed by atoms with Crippen molar-refractivity contribution < 1.29 is 4.79 Å². The van der Waals surface area contributed by atoms with Gasteiger partial charge in [0, 0.05) is 6.04 Å². The molecule has 1 amide bonds. The minimum absolute atomic E-state index is 0.166. The number of nitrogens with zero attached hydrogens (tertiary/aromatic N) is 4. The molecule has 1 aromatic carbocycles. The SMILES string of the molecule is N#Cc1ccccc1NC(=O)CSc1nnc(-c2cccs2)n1C1CC1. The van der Waals surface area contributed by atoms with Gasteiger partial charge in [0.05, 0.1) is 21.9 Å². The van der Waals surface area contributed by atoms with Crippen molar-refractivity contribution in [1.29, 1.82) is 5.26 Å². The Hall–Kier alpha value is -2.63. The molecule has 0 aliphatic heterocycles. The number of amides is 1. The van der Waals surface area contributed by atoms with Gasteiger partial charge in [0.15, 0.2) is 11.0 Å². The first-order valence-corrected chi connectivity index (χ1v) is 10.0. The zero-order valence-electron chi connectivity index (χ0n) is 13.8. The number of carbonyl (C=O) groups is 1. The standard InChI is InChI=1S/C18H15N5OS2/c19-10-12-4-1-2-5-14(12)20-16(24)11-26-18-22-21-17(15-6-3-9-25-15)23(18)13-7-8-13/h1-6,9,13H,7-8,11H2,(H,20,24). The normalized spacial score (nSPS) is 13.3. The molecule has 0 atom stereocenters. The Labute approximate surface area is 158 Å². The molecule has 1 N–H and O–H groups in total.